The summed E-state index contributed by atoms with van der Waals surface area (Å²) in [6.07, 6.45) is 1.83. The lowest BCUT2D eigenvalue weighted by molar-refractivity contribution is 0.119. The van der Waals surface area contributed by atoms with E-state index in [1.54, 1.807) is 11.3 Å². The number of hydrogen-bond donors (Lipinski definition) is 1. The zero-order chi connectivity index (χ0) is 10.9. The molecule has 5 heteroatoms. The van der Waals surface area contributed by atoms with Gasteiger partial charge in [0.1, 0.15) is 5.01 Å². The van der Waals surface area contributed by atoms with Crippen molar-refractivity contribution in [2.24, 2.45) is 0 Å². The summed E-state index contributed by atoms with van der Waals surface area (Å²) in [6, 6.07) is 0. The van der Waals surface area contributed by atoms with Crippen LogP contribution in [0.15, 0.2) is 11.6 Å². The smallest absolute Gasteiger partial charge is 0.106 e. The van der Waals surface area contributed by atoms with Crippen molar-refractivity contribution in [2.45, 2.75) is 6.54 Å². The molecule has 0 aliphatic heterocycles. The van der Waals surface area contributed by atoms with Crippen LogP contribution >= 0.6 is 11.3 Å². The Hall–Kier alpha value is -0.490. The number of ether oxygens (including phenoxy) is 1. The van der Waals surface area contributed by atoms with E-state index in [4.69, 9.17) is 4.74 Å². The molecule has 0 aliphatic rings. The van der Waals surface area contributed by atoms with E-state index in [9.17, 15) is 0 Å². The Morgan fingerprint density at radius 2 is 2.33 bits per heavy atom. The van der Waals surface area contributed by atoms with E-state index in [0.29, 0.717) is 0 Å². The first-order valence-corrected chi connectivity index (χ1v) is 5.98. The number of rotatable bonds is 8. The van der Waals surface area contributed by atoms with Crippen LogP contribution in [0.4, 0.5) is 0 Å². The van der Waals surface area contributed by atoms with Gasteiger partial charge in [0.05, 0.1) is 13.2 Å². The van der Waals surface area contributed by atoms with Crippen LogP contribution in [0.3, 0.4) is 0 Å². The molecule has 1 heterocycles. The second kappa shape index (κ2) is 7.76. The Balaban J connectivity index is 1.85. The largest absolute Gasteiger partial charge is 0.379 e. The summed E-state index contributed by atoms with van der Waals surface area (Å²) in [6.45, 7) is 4.26. The molecule has 1 rings (SSSR count). The lowest BCUT2D eigenvalue weighted by Crippen LogP contribution is -2.22. The van der Waals surface area contributed by atoms with E-state index >= 15 is 0 Å². The molecule has 0 aromatic carbocycles. The molecule has 0 bridgehead atoms. The minimum absolute atomic E-state index is 0.763. The third-order valence-corrected chi connectivity index (χ3v) is 2.65. The Labute approximate surface area is 95.3 Å². The highest BCUT2D eigenvalue weighted by Crippen LogP contribution is 2.01. The van der Waals surface area contributed by atoms with Crippen molar-refractivity contribution in [3.63, 3.8) is 0 Å². The van der Waals surface area contributed by atoms with Crippen molar-refractivity contribution in [1.29, 1.82) is 0 Å². The van der Waals surface area contributed by atoms with Crippen LogP contribution in [0.1, 0.15) is 5.01 Å². The van der Waals surface area contributed by atoms with Crippen LogP contribution < -0.4 is 5.32 Å². The second-order valence-corrected chi connectivity index (χ2v) is 4.50. The molecule has 4 nitrogen and oxygen atoms in total. The van der Waals surface area contributed by atoms with Gasteiger partial charge in [0.25, 0.3) is 0 Å². The molecule has 15 heavy (non-hydrogen) atoms. The van der Waals surface area contributed by atoms with Crippen molar-refractivity contribution >= 4 is 11.3 Å². The van der Waals surface area contributed by atoms with E-state index in [-0.39, 0.29) is 0 Å². The van der Waals surface area contributed by atoms with Crippen LogP contribution in [-0.4, -0.2) is 50.3 Å². The molecular weight excluding hydrogens is 210 g/mol. The van der Waals surface area contributed by atoms with Crippen LogP contribution in [0, 0.1) is 0 Å². The van der Waals surface area contributed by atoms with Gasteiger partial charge in [0.2, 0.25) is 0 Å². The molecule has 0 amide bonds. The number of aromatic nitrogens is 1. The first kappa shape index (κ1) is 12.6. The summed E-state index contributed by atoms with van der Waals surface area (Å²) in [5.41, 5.74) is 0. The lowest BCUT2D eigenvalue weighted by Gasteiger charge is -2.09. The summed E-state index contributed by atoms with van der Waals surface area (Å²) >= 11 is 1.67. The Morgan fingerprint density at radius 3 is 3.00 bits per heavy atom. The molecule has 1 N–H and O–H groups in total. The lowest BCUT2D eigenvalue weighted by atomic mass is 10.6. The molecule has 86 valence electrons. The van der Waals surface area contributed by atoms with Crippen molar-refractivity contribution in [2.75, 3.05) is 40.4 Å². The van der Waals surface area contributed by atoms with E-state index < -0.39 is 0 Å². The minimum Gasteiger partial charge on any atom is -0.379 e. The fraction of sp³-hybridized carbons (Fsp3) is 0.700. The Kier molecular flexibility index (Phi) is 6.50. The molecule has 0 radical (unpaired) electrons. The maximum atomic E-state index is 5.44. The van der Waals surface area contributed by atoms with Gasteiger partial charge in [-0.1, -0.05) is 0 Å². The van der Waals surface area contributed by atoms with Gasteiger partial charge in [-0.15, -0.1) is 11.3 Å². The third kappa shape index (κ3) is 6.57. The predicted octanol–water partition coefficient (Wildman–Crippen LogP) is 0.811. The summed E-state index contributed by atoms with van der Waals surface area (Å²) in [5, 5.41) is 6.40. The molecule has 0 aliphatic carbocycles. The zero-order valence-electron chi connectivity index (χ0n) is 9.40. The summed E-state index contributed by atoms with van der Waals surface area (Å²) in [5.74, 6) is 0. The van der Waals surface area contributed by atoms with E-state index in [0.717, 1.165) is 37.9 Å². The molecule has 0 unspecified atom stereocenters. The van der Waals surface area contributed by atoms with Crippen LogP contribution in [0.2, 0.25) is 0 Å². The number of likely N-dealkylation sites (N-methyl/N-ethyl adjacent to an activating group) is 1. The molecule has 0 saturated heterocycles. The monoisotopic (exact) mass is 229 g/mol. The minimum atomic E-state index is 0.763. The molecule has 1 aromatic rings. The SMILES string of the molecule is CN(C)CCOCCNCc1nccs1. The topological polar surface area (TPSA) is 37.4 Å². The predicted molar refractivity (Wildman–Crippen MR) is 63.2 cm³/mol. The average molecular weight is 229 g/mol. The highest BCUT2D eigenvalue weighted by molar-refractivity contribution is 7.09. The zero-order valence-corrected chi connectivity index (χ0v) is 10.2. The van der Waals surface area contributed by atoms with Gasteiger partial charge in [-0.05, 0) is 14.1 Å². The fourth-order valence-electron chi connectivity index (χ4n) is 1.03. The highest BCUT2D eigenvalue weighted by atomic mass is 32.1. The van der Waals surface area contributed by atoms with E-state index in [2.05, 4.69) is 15.2 Å². The molecule has 1 aromatic heterocycles. The van der Waals surface area contributed by atoms with Gasteiger partial charge in [0.15, 0.2) is 0 Å². The van der Waals surface area contributed by atoms with Crippen LogP contribution in [-0.2, 0) is 11.3 Å². The maximum Gasteiger partial charge on any atom is 0.106 e. The second-order valence-electron chi connectivity index (χ2n) is 3.52. The normalized spacial score (nSPS) is 11.1. The number of nitrogens with zero attached hydrogens (tertiary/aromatic N) is 2. The van der Waals surface area contributed by atoms with Gasteiger partial charge in [-0.2, -0.15) is 0 Å². The quantitative estimate of drug-likeness (QED) is 0.669. The average Bonchev–Trinajstić information content (AvgIpc) is 2.68. The standard InChI is InChI=1S/C10H19N3OS/c1-13(2)5-7-14-6-3-11-9-10-12-4-8-15-10/h4,8,11H,3,5-7,9H2,1-2H3. The van der Waals surface area contributed by atoms with Gasteiger partial charge < -0.3 is 15.0 Å². The van der Waals surface area contributed by atoms with E-state index in [1.165, 1.54) is 0 Å². The molecule has 0 atom stereocenters. The molecule has 0 saturated carbocycles. The van der Waals surface area contributed by atoms with Crippen LogP contribution in [0.25, 0.3) is 0 Å². The van der Waals surface area contributed by atoms with Gasteiger partial charge in [-0.25, -0.2) is 4.98 Å². The Morgan fingerprint density at radius 1 is 1.47 bits per heavy atom. The summed E-state index contributed by atoms with van der Waals surface area (Å²) < 4.78 is 5.44. The van der Waals surface area contributed by atoms with E-state index in [1.807, 2.05) is 25.7 Å². The first-order valence-electron chi connectivity index (χ1n) is 5.10. The maximum absolute atomic E-state index is 5.44. The van der Waals surface area contributed by atoms with Crippen molar-refractivity contribution in [3.8, 4) is 0 Å². The fourth-order valence-corrected chi connectivity index (χ4v) is 1.62. The third-order valence-electron chi connectivity index (χ3n) is 1.87. The summed E-state index contributed by atoms with van der Waals surface area (Å²) in [7, 11) is 4.09. The Bertz CT molecular complexity index is 239. The number of thiazole rings is 1. The molecule has 0 spiro atoms. The highest BCUT2D eigenvalue weighted by Gasteiger charge is 1.94. The number of nitrogens with one attached hydrogen (secondary N) is 1. The van der Waals surface area contributed by atoms with Gasteiger partial charge in [0, 0.05) is 31.2 Å². The van der Waals surface area contributed by atoms with Gasteiger partial charge >= 0.3 is 0 Å². The molecular formula is C10H19N3OS. The van der Waals surface area contributed by atoms with Gasteiger partial charge in [-0.3, -0.25) is 0 Å². The summed E-state index contributed by atoms with van der Waals surface area (Å²) in [4.78, 5) is 6.30. The molecule has 0 fully saturated rings. The van der Waals surface area contributed by atoms with Crippen molar-refractivity contribution < 1.29 is 4.74 Å². The number of hydrogen-bond acceptors (Lipinski definition) is 5. The van der Waals surface area contributed by atoms with Crippen molar-refractivity contribution in [1.82, 2.24) is 15.2 Å². The first-order chi connectivity index (χ1) is 7.29. The van der Waals surface area contributed by atoms with Crippen molar-refractivity contribution in [3.05, 3.63) is 16.6 Å². The van der Waals surface area contributed by atoms with Crippen LogP contribution in [0.5, 0.6) is 0 Å².